The molecular formula is C69H40O. The van der Waals surface area contributed by atoms with E-state index in [9.17, 15) is 0 Å². The Balaban J connectivity index is 0.870. The van der Waals surface area contributed by atoms with Crippen LogP contribution in [0.15, 0.2) is 247 Å². The van der Waals surface area contributed by atoms with E-state index in [-0.39, 0.29) is 0 Å². The minimum atomic E-state index is -0.477. The second-order valence-electron chi connectivity index (χ2n) is 19.4. The SMILES string of the molecule is c1ccc2c(c1)-c1ccccc1C21c2cc3cc(-c4ccc(-c5c6ccccc6c(-c6ccc7oc8ccccc8c7c6)c6ccccc56)cc4)ccc3cc2-c2c1c1ccccc1c1ccccc21. The number of fused-ring (bicyclic) bond motifs is 21. The van der Waals surface area contributed by atoms with Gasteiger partial charge in [0.25, 0.3) is 0 Å². The highest BCUT2D eigenvalue weighted by Crippen LogP contribution is 2.66. The Hall–Kier alpha value is -9.04. The van der Waals surface area contributed by atoms with Crippen molar-refractivity contribution in [3.63, 3.8) is 0 Å². The predicted molar refractivity (Wildman–Crippen MR) is 294 cm³/mol. The van der Waals surface area contributed by atoms with Crippen LogP contribution in [0.25, 0.3) is 131 Å². The van der Waals surface area contributed by atoms with Crippen LogP contribution in [0.1, 0.15) is 22.3 Å². The number of hydrogen-bond donors (Lipinski definition) is 0. The molecule has 0 N–H and O–H groups in total. The number of furan rings is 1. The molecule has 0 saturated heterocycles. The molecule has 0 amide bonds. The summed E-state index contributed by atoms with van der Waals surface area (Å²) in [6.45, 7) is 0. The number of benzene rings is 13. The fraction of sp³-hybridized carbons (Fsp3) is 0.0145. The first-order valence-corrected chi connectivity index (χ1v) is 24.4. The van der Waals surface area contributed by atoms with Crippen LogP contribution in [0.4, 0.5) is 0 Å². The van der Waals surface area contributed by atoms with Crippen molar-refractivity contribution in [3.8, 4) is 55.6 Å². The van der Waals surface area contributed by atoms with Gasteiger partial charge in [-0.2, -0.15) is 0 Å². The molecule has 1 nitrogen and oxygen atoms in total. The van der Waals surface area contributed by atoms with Crippen molar-refractivity contribution in [1.82, 2.24) is 0 Å². The van der Waals surface area contributed by atoms with Gasteiger partial charge in [0.05, 0.1) is 5.41 Å². The molecule has 1 heteroatoms. The summed E-state index contributed by atoms with van der Waals surface area (Å²) in [5.74, 6) is 0. The highest BCUT2D eigenvalue weighted by molar-refractivity contribution is 6.23. The van der Waals surface area contributed by atoms with Gasteiger partial charge in [-0.25, -0.2) is 0 Å². The molecule has 2 aliphatic rings. The molecule has 0 aliphatic heterocycles. The quantitative estimate of drug-likeness (QED) is 0.127. The summed E-state index contributed by atoms with van der Waals surface area (Å²) in [6.07, 6.45) is 0. The minimum Gasteiger partial charge on any atom is -0.456 e. The lowest BCUT2D eigenvalue weighted by atomic mass is 9.69. The number of hydrogen-bond acceptors (Lipinski definition) is 1. The van der Waals surface area contributed by atoms with Gasteiger partial charge in [0.1, 0.15) is 11.2 Å². The topological polar surface area (TPSA) is 13.1 Å². The molecule has 0 radical (unpaired) electrons. The Bertz CT molecular complexity index is 4480. The van der Waals surface area contributed by atoms with Crippen LogP contribution in [0.3, 0.4) is 0 Å². The molecular weight excluding hydrogens is 845 g/mol. The Morgan fingerprint density at radius 1 is 0.243 bits per heavy atom. The van der Waals surface area contributed by atoms with Crippen molar-refractivity contribution in [2.24, 2.45) is 0 Å². The Morgan fingerprint density at radius 2 is 0.714 bits per heavy atom. The zero-order chi connectivity index (χ0) is 45.7. The normalized spacial score (nSPS) is 13.3. The summed E-state index contributed by atoms with van der Waals surface area (Å²) >= 11 is 0. The third-order valence-corrected chi connectivity index (χ3v) is 16.0. The number of para-hydroxylation sites is 1. The molecule has 1 aromatic heterocycles. The van der Waals surface area contributed by atoms with Crippen LogP contribution in [-0.4, -0.2) is 0 Å². The fourth-order valence-corrected chi connectivity index (χ4v) is 13.2. The van der Waals surface area contributed by atoms with Gasteiger partial charge in [0, 0.05) is 10.8 Å². The van der Waals surface area contributed by atoms with E-state index in [1.165, 1.54) is 132 Å². The number of rotatable bonds is 3. The molecule has 0 atom stereocenters. The second-order valence-corrected chi connectivity index (χ2v) is 19.4. The molecule has 14 aromatic rings. The lowest BCUT2D eigenvalue weighted by Crippen LogP contribution is -2.26. The third kappa shape index (κ3) is 4.95. The molecule has 322 valence electrons. The summed E-state index contributed by atoms with van der Waals surface area (Å²) in [5, 5.41) is 15.0. The predicted octanol–water partition coefficient (Wildman–Crippen LogP) is 18.7. The zero-order valence-electron chi connectivity index (χ0n) is 38.0. The Labute approximate surface area is 404 Å². The van der Waals surface area contributed by atoms with Gasteiger partial charge in [-0.1, -0.05) is 206 Å². The van der Waals surface area contributed by atoms with E-state index in [2.05, 4.69) is 237 Å². The molecule has 70 heavy (non-hydrogen) atoms. The van der Waals surface area contributed by atoms with Gasteiger partial charge >= 0.3 is 0 Å². The smallest absolute Gasteiger partial charge is 0.135 e. The highest BCUT2D eigenvalue weighted by atomic mass is 16.3. The van der Waals surface area contributed by atoms with Gasteiger partial charge in [-0.3, -0.25) is 0 Å². The second kappa shape index (κ2) is 14.0. The third-order valence-electron chi connectivity index (χ3n) is 16.0. The summed E-state index contributed by atoms with van der Waals surface area (Å²) in [4.78, 5) is 0. The van der Waals surface area contributed by atoms with E-state index in [0.717, 1.165) is 21.9 Å². The molecule has 13 aromatic carbocycles. The van der Waals surface area contributed by atoms with Gasteiger partial charge < -0.3 is 4.42 Å². The lowest BCUT2D eigenvalue weighted by molar-refractivity contribution is 0.669. The first-order chi connectivity index (χ1) is 34.7. The van der Waals surface area contributed by atoms with Crippen molar-refractivity contribution in [2.45, 2.75) is 5.41 Å². The van der Waals surface area contributed by atoms with Crippen LogP contribution < -0.4 is 0 Å². The van der Waals surface area contributed by atoms with Crippen LogP contribution in [0, 0.1) is 0 Å². The van der Waals surface area contributed by atoms with Crippen LogP contribution >= 0.6 is 0 Å². The van der Waals surface area contributed by atoms with E-state index in [4.69, 9.17) is 4.42 Å². The molecule has 0 unspecified atom stereocenters. The van der Waals surface area contributed by atoms with Gasteiger partial charge in [-0.05, 0) is 168 Å². The van der Waals surface area contributed by atoms with Crippen LogP contribution in [0.2, 0.25) is 0 Å². The molecule has 16 rings (SSSR count). The van der Waals surface area contributed by atoms with Crippen LogP contribution in [-0.2, 0) is 5.41 Å². The van der Waals surface area contributed by atoms with Crippen molar-refractivity contribution in [1.29, 1.82) is 0 Å². The Morgan fingerprint density at radius 3 is 1.37 bits per heavy atom. The van der Waals surface area contributed by atoms with E-state index in [1.807, 2.05) is 6.07 Å². The summed E-state index contributed by atoms with van der Waals surface area (Å²) < 4.78 is 6.26. The molecule has 1 spiro atoms. The Kier molecular flexibility index (Phi) is 7.60. The van der Waals surface area contributed by atoms with Gasteiger partial charge in [0.2, 0.25) is 0 Å². The molecule has 2 aliphatic carbocycles. The maximum Gasteiger partial charge on any atom is 0.135 e. The fourth-order valence-electron chi connectivity index (χ4n) is 13.2. The van der Waals surface area contributed by atoms with E-state index in [1.54, 1.807) is 0 Å². The van der Waals surface area contributed by atoms with Crippen molar-refractivity contribution in [3.05, 3.63) is 265 Å². The maximum atomic E-state index is 6.26. The lowest BCUT2D eigenvalue weighted by Gasteiger charge is -2.32. The van der Waals surface area contributed by atoms with Gasteiger partial charge in [-0.15, -0.1) is 0 Å². The summed E-state index contributed by atoms with van der Waals surface area (Å²) in [7, 11) is 0. The first-order valence-electron chi connectivity index (χ1n) is 24.4. The molecule has 1 heterocycles. The van der Waals surface area contributed by atoms with Crippen molar-refractivity contribution < 1.29 is 4.42 Å². The minimum absolute atomic E-state index is 0.477. The average molecular weight is 885 g/mol. The van der Waals surface area contributed by atoms with Gasteiger partial charge in [0.15, 0.2) is 0 Å². The maximum absolute atomic E-state index is 6.26. The van der Waals surface area contributed by atoms with Crippen molar-refractivity contribution >= 4 is 75.8 Å². The zero-order valence-corrected chi connectivity index (χ0v) is 38.0. The largest absolute Gasteiger partial charge is 0.456 e. The summed E-state index contributed by atoms with van der Waals surface area (Å²) in [6, 6.07) is 90.7. The average Bonchev–Trinajstić information content (AvgIpc) is 4.06. The molecule has 0 bridgehead atoms. The molecule has 0 saturated carbocycles. The van der Waals surface area contributed by atoms with E-state index in [0.29, 0.717) is 0 Å². The first kappa shape index (κ1) is 38.0. The summed E-state index contributed by atoms with van der Waals surface area (Å²) in [5.41, 5.74) is 19.5. The highest BCUT2D eigenvalue weighted by Gasteiger charge is 2.53. The van der Waals surface area contributed by atoms with Crippen LogP contribution in [0.5, 0.6) is 0 Å². The van der Waals surface area contributed by atoms with E-state index < -0.39 is 5.41 Å². The molecule has 0 fully saturated rings. The standard InChI is InChI=1S/C69H40O/c1-3-20-52-47(15-1)48-16-2-8-25-57(48)68-67(52)59-38-44-34-33-43(37-46(44)40-62(59)69(68)60-26-12-9-17-49(60)50-18-10-13-27-61(50)69)41-29-31-42(32-30-41)65-53-21-4-6-23-55(53)66(56-24-7-5-22-54(56)65)45-35-36-64-58(39-45)51-19-11-14-28-63(51)70-64/h1-40H. The monoisotopic (exact) mass is 884 g/mol. The van der Waals surface area contributed by atoms with Crippen molar-refractivity contribution in [2.75, 3.05) is 0 Å². The van der Waals surface area contributed by atoms with E-state index >= 15 is 0 Å².